The van der Waals surface area contributed by atoms with Crippen molar-refractivity contribution < 1.29 is 18.8 Å². The molecule has 1 fully saturated rings. The maximum absolute atomic E-state index is 12.9. The van der Waals surface area contributed by atoms with Gasteiger partial charge in [0, 0.05) is 17.4 Å². The molecule has 0 radical (unpaired) electrons. The van der Waals surface area contributed by atoms with Crippen LogP contribution in [-0.2, 0) is 6.54 Å². The lowest BCUT2D eigenvalue weighted by Gasteiger charge is -2.30. The minimum atomic E-state index is 0.0396. The Labute approximate surface area is 158 Å². The highest BCUT2D eigenvalue weighted by atomic mass is 16.6. The summed E-state index contributed by atoms with van der Waals surface area (Å²) in [6.45, 7) is 7.51. The summed E-state index contributed by atoms with van der Waals surface area (Å²) in [5.41, 5.74) is 0.705. The van der Waals surface area contributed by atoms with Gasteiger partial charge in [-0.3, -0.25) is 9.69 Å². The average molecular weight is 371 g/mol. The van der Waals surface area contributed by atoms with Crippen LogP contribution < -0.4 is 9.47 Å². The number of likely N-dealkylation sites (tertiary alicyclic amines) is 1. The number of benzene rings is 1. The van der Waals surface area contributed by atoms with Crippen molar-refractivity contribution in [3.63, 3.8) is 0 Å². The van der Waals surface area contributed by atoms with Gasteiger partial charge in [0.05, 0.1) is 6.54 Å². The van der Waals surface area contributed by atoms with Crippen molar-refractivity contribution in [1.82, 2.24) is 15.0 Å². The Morgan fingerprint density at radius 3 is 2.63 bits per heavy atom. The highest BCUT2D eigenvalue weighted by molar-refractivity contribution is 5.98. The lowest BCUT2D eigenvalue weighted by atomic mass is 9.88. The van der Waals surface area contributed by atoms with Gasteiger partial charge in [0.15, 0.2) is 23.1 Å². The number of carbonyl (C=O) groups is 1. The van der Waals surface area contributed by atoms with E-state index in [1.165, 1.54) is 0 Å². The van der Waals surface area contributed by atoms with Crippen LogP contribution in [0, 0.1) is 5.92 Å². The molecule has 7 nitrogen and oxygen atoms in total. The minimum Gasteiger partial charge on any atom is -0.486 e. The van der Waals surface area contributed by atoms with E-state index < -0.39 is 0 Å². The fourth-order valence-corrected chi connectivity index (χ4v) is 3.54. The van der Waals surface area contributed by atoms with E-state index in [1.807, 2.05) is 32.0 Å². The van der Waals surface area contributed by atoms with E-state index in [0.717, 1.165) is 31.8 Å². The van der Waals surface area contributed by atoms with Crippen molar-refractivity contribution >= 4 is 5.78 Å². The first-order valence-electron chi connectivity index (χ1n) is 9.59. The van der Waals surface area contributed by atoms with Crippen molar-refractivity contribution in [2.75, 3.05) is 26.3 Å². The Hall–Kier alpha value is -2.41. The monoisotopic (exact) mass is 371 g/mol. The molecule has 0 unspecified atom stereocenters. The maximum atomic E-state index is 12.9. The Morgan fingerprint density at radius 2 is 1.93 bits per heavy atom. The lowest BCUT2D eigenvalue weighted by molar-refractivity contribution is 0.0824. The summed E-state index contributed by atoms with van der Waals surface area (Å²) >= 11 is 0. The molecule has 2 aliphatic heterocycles. The zero-order valence-electron chi connectivity index (χ0n) is 15.8. The molecule has 27 heavy (non-hydrogen) atoms. The number of rotatable bonds is 5. The van der Waals surface area contributed by atoms with Crippen LogP contribution in [0.3, 0.4) is 0 Å². The Kier molecular flexibility index (Phi) is 5.11. The summed E-state index contributed by atoms with van der Waals surface area (Å²) in [5, 5.41) is 4.01. The number of Topliss-reactive ketones (excluding diaryl/α,β-unsaturated/α-hetero) is 1. The predicted octanol–water partition coefficient (Wildman–Crippen LogP) is 3.06. The predicted molar refractivity (Wildman–Crippen MR) is 98.2 cm³/mol. The standard InChI is InChI=1S/C20H25N3O4/c1-13(2)20-21-18(27-22-20)12-23-7-5-14(6-8-23)19(24)15-3-4-16-17(11-15)26-10-9-25-16/h3-4,11,13-14H,5-10,12H2,1-2H3. The van der Waals surface area contributed by atoms with E-state index in [-0.39, 0.29) is 17.6 Å². The highest BCUT2D eigenvalue weighted by Gasteiger charge is 2.27. The molecule has 144 valence electrons. The van der Waals surface area contributed by atoms with Crippen molar-refractivity contribution in [3.05, 3.63) is 35.5 Å². The second kappa shape index (κ2) is 7.68. The lowest BCUT2D eigenvalue weighted by Crippen LogP contribution is -2.36. The van der Waals surface area contributed by atoms with Crippen molar-refractivity contribution in [3.8, 4) is 11.5 Å². The third-order valence-corrected chi connectivity index (χ3v) is 5.14. The normalized spacial score (nSPS) is 18.0. The zero-order chi connectivity index (χ0) is 18.8. The van der Waals surface area contributed by atoms with Gasteiger partial charge in [0.2, 0.25) is 5.89 Å². The molecule has 0 N–H and O–H groups in total. The van der Waals surface area contributed by atoms with Crippen LogP contribution in [0.2, 0.25) is 0 Å². The van der Waals surface area contributed by atoms with E-state index in [4.69, 9.17) is 14.0 Å². The Balaban J connectivity index is 1.34. The Bertz CT molecular complexity index is 809. The average Bonchev–Trinajstić information content (AvgIpc) is 3.16. The van der Waals surface area contributed by atoms with Crippen LogP contribution in [0.1, 0.15) is 54.7 Å². The molecule has 1 aromatic heterocycles. The smallest absolute Gasteiger partial charge is 0.240 e. The summed E-state index contributed by atoms with van der Waals surface area (Å²) in [7, 11) is 0. The fourth-order valence-electron chi connectivity index (χ4n) is 3.54. The minimum absolute atomic E-state index is 0.0396. The number of hydrogen-bond acceptors (Lipinski definition) is 7. The number of aromatic nitrogens is 2. The zero-order valence-corrected chi connectivity index (χ0v) is 15.8. The largest absolute Gasteiger partial charge is 0.486 e. The number of ether oxygens (including phenoxy) is 2. The van der Waals surface area contributed by atoms with E-state index in [1.54, 1.807) is 0 Å². The second-order valence-corrected chi connectivity index (χ2v) is 7.47. The molecule has 0 amide bonds. The first-order chi connectivity index (χ1) is 13.1. The van der Waals surface area contributed by atoms with Crippen LogP contribution in [0.4, 0.5) is 0 Å². The fraction of sp³-hybridized carbons (Fsp3) is 0.550. The molecule has 2 aromatic rings. The van der Waals surface area contributed by atoms with Crippen LogP contribution in [-0.4, -0.2) is 47.1 Å². The number of piperidine rings is 1. The van der Waals surface area contributed by atoms with Crippen molar-refractivity contribution in [2.24, 2.45) is 5.92 Å². The molecule has 4 rings (SSSR count). The van der Waals surface area contributed by atoms with Gasteiger partial charge in [0.25, 0.3) is 0 Å². The molecule has 7 heteroatoms. The van der Waals surface area contributed by atoms with Gasteiger partial charge in [-0.25, -0.2) is 0 Å². The number of ketones is 1. The summed E-state index contributed by atoms with van der Waals surface area (Å²) < 4.78 is 16.5. The summed E-state index contributed by atoms with van der Waals surface area (Å²) in [4.78, 5) is 19.6. The summed E-state index contributed by atoms with van der Waals surface area (Å²) in [5.74, 6) is 3.26. The number of carbonyl (C=O) groups excluding carboxylic acids is 1. The molecule has 1 saturated heterocycles. The molecule has 1 aromatic carbocycles. The third-order valence-electron chi connectivity index (χ3n) is 5.14. The molecule has 0 saturated carbocycles. The van der Waals surface area contributed by atoms with Crippen LogP contribution >= 0.6 is 0 Å². The number of hydrogen-bond donors (Lipinski definition) is 0. The maximum Gasteiger partial charge on any atom is 0.240 e. The molecular formula is C20H25N3O4. The Morgan fingerprint density at radius 1 is 1.19 bits per heavy atom. The molecule has 0 spiro atoms. The van der Waals surface area contributed by atoms with Crippen LogP contribution in [0.5, 0.6) is 11.5 Å². The van der Waals surface area contributed by atoms with Crippen LogP contribution in [0.15, 0.2) is 22.7 Å². The number of nitrogens with zero attached hydrogens (tertiary/aromatic N) is 3. The first kappa shape index (κ1) is 18.0. The second-order valence-electron chi connectivity index (χ2n) is 7.47. The van der Waals surface area contributed by atoms with E-state index in [0.29, 0.717) is 42.7 Å². The molecule has 0 aliphatic carbocycles. The van der Waals surface area contributed by atoms with Gasteiger partial charge in [-0.05, 0) is 44.1 Å². The van der Waals surface area contributed by atoms with Gasteiger partial charge >= 0.3 is 0 Å². The van der Waals surface area contributed by atoms with Gasteiger partial charge in [0.1, 0.15) is 13.2 Å². The van der Waals surface area contributed by atoms with Crippen molar-refractivity contribution in [2.45, 2.75) is 39.2 Å². The van der Waals surface area contributed by atoms with E-state index in [2.05, 4.69) is 15.0 Å². The molecule has 3 heterocycles. The summed E-state index contributed by atoms with van der Waals surface area (Å²) in [6.07, 6.45) is 1.66. The summed E-state index contributed by atoms with van der Waals surface area (Å²) in [6, 6.07) is 5.49. The number of fused-ring (bicyclic) bond motifs is 1. The SMILES string of the molecule is CC(C)c1noc(CN2CCC(C(=O)c3ccc4c(c3)OCCO4)CC2)n1. The molecule has 2 aliphatic rings. The molecule has 0 bridgehead atoms. The van der Waals surface area contributed by atoms with Gasteiger partial charge in [-0.1, -0.05) is 19.0 Å². The topological polar surface area (TPSA) is 77.7 Å². The quantitative estimate of drug-likeness (QED) is 0.748. The molecular weight excluding hydrogens is 346 g/mol. The molecule has 0 atom stereocenters. The first-order valence-corrected chi connectivity index (χ1v) is 9.59. The third kappa shape index (κ3) is 3.98. The van der Waals surface area contributed by atoms with Crippen molar-refractivity contribution in [1.29, 1.82) is 0 Å². The van der Waals surface area contributed by atoms with E-state index in [9.17, 15) is 4.79 Å². The van der Waals surface area contributed by atoms with E-state index >= 15 is 0 Å². The van der Waals surface area contributed by atoms with Gasteiger partial charge < -0.3 is 14.0 Å². The van der Waals surface area contributed by atoms with Crippen LogP contribution in [0.25, 0.3) is 0 Å². The highest BCUT2D eigenvalue weighted by Crippen LogP contribution is 2.32. The van der Waals surface area contributed by atoms with Gasteiger partial charge in [-0.2, -0.15) is 4.98 Å². The van der Waals surface area contributed by atoms with Gasteiger partial charge in [-0.15, -0.1) is 0 Å².